The van der Waals surface area contributed by atoms with Crippen LogP contribution >= 0.6 is 11.3 Å². The smallest absolute Gasteiger partial charge is 0.423 e. The van der Waals surface area contributed by atoms with E-state index >= 15 is 4.39 Å². The van der Waals surface area contributed by atoms with Crippen molar-refractivity contribution in [2.45, 2.75) is 58.0 Å². The number of carboxylic acid groups (broad SMARTS) is 1. The molecule has 0 atom stereocenters. The molecule has 1 aliphatic rings. The van der Waals surface area contributed by atoms with Crippen LogP contribution in [0.25, 0.3) is 5.57 Å². The van der Waals surface area contributed by atoms with Crippen molar-refractivity contribution in [3.63, 3.8) is 0 Å². The number of rotatable bonds is 14. The van der Waals surface area contributed by atoms with Crippen LogP contribution < -0.4 is 4.90 Å². The SMILES string of the molecule is CCCCCCCCc1ccc(N(C(=O)OCOC(=O)c2cccc(C(=O)O)c2)c2nc(C3=CC=CC=C=C3)c(F)s2)cc1C(F)(F)F. The predicted octanol–water partition coefficient (Wildman–Crippen LogP) is 9.66. The minimum Gasteiger partial charge on any atom is -0.478 e. The quantitative estimate of drug-likeness (QED) is 0.0593. The molecule has 0 fully saturated rings. The molecule has 0 aliphatic heterocycles. The number of aromatic carboxylic acids is 1. The number of amides is 1. The van der Waals surface area contributed by atoms with Gasteiger partial charge in [-0.2, -0.15) is 17.6 Å². The lowest BCUT2D eigenvalue weighted by Crippen LogP contribution is -2.28. The monoisotopic (exact) mass is 684 g/mol. The number of aromatic nitrogens is 1. The fraction of sp³-hybridized carbons (Fsp3) is 0.286. The fourth-order valence-electron chi connectivity index (χ4n) is 4.80. The third kappa shape index (κ3) is 9.52. The van der Waals surface area contributed by atoms with E-state index in [1.54, 1.807) is 24.3 Å². The molecule has 0 saturated heterocycles. The molecule has 48 heavy (non-hydrogen) atoms. The highest BCUT2D eigenvalue weighted by Crippen LogP contribution is 2.39. The van der Waals surface area contributed by atoms with Gasteiger partial charge in [0.15, 0.2) is 0 Å². The van der Waals surface area contributed by atoms with E-state index in [2.05, 4.69) is 17.6 Å². The van der Waals surface area contributed by atoms with Crippen LogP contribution in [0.4, 0.5) is 33.2 Å². The van der Waals surface area contributed by atoms with Crippen molar-refractivity contribution < 1.29 is 46.5 Å². The number of aryl methyl sites for hydroxylation is 1. The van der Waals surface area contributed by atoms with Crippen LogP contribution in [-0.4, -0.2) is 34.9 Å². The summed E-state index contributed by atoms with van der Waals surface area (Å²) in [6, 6.07) is 8.28. The number of alkyl halides is 3. The maximum Gasteiger partial charge on any atom is 0.423 e. The fourth-order valence-corrected chi connectivity index (χ4v) is 5.63. The largest absolute Gasteiger partial charge is 0.478 e. The number of halogens is 4. The molecule has 0 radical (unpaired) electrons. The number of unbranched alkanes of at least 4 members (excludes halogenated alkanes) is 5. The molecule has 1 aromatic heterocycles. The van der Waals surface area contributed by atoms with E-state index in [1.165, 1.54) is 36.4 Å². The number of hydrogen-bond donors (Lipinski definition) is 1. The summed E-state index contributed by atoms with van der Waals surface area (Å²) in [6.45, 7) is 1.09. The highest BCUT2D eigenvalue weighted by atomic mass is 32.1. The van der Waals surface area contributed by atoms with Crippen molar-refractivity contribution in [3.8, 4) is 0 Å². The number of thiazole rings is 1. The zero-order valence-electron chi connectivity index (χ0n) is 25.9. The average molecular weight is 685 g/mol. The van der Waals surface area contributed by atoms with Gasteiger partial charge in [0, 0.05) is 5.57 Å². The predicted molar refractivity (Wildman–Crippen MR) is 173 cm³/mol. The molecule has 0 spiro atoms. The summed E-state index contributed by atoms with van der Waals surface area (Å²) in [4.78, 5) is 42.1. The number of anilines is 2. The second-order valence-electron chi connectivity index (χ2n) is 10.6. The zero-order chi connectivity index (χ0) is 34.7. The Morgan fingerprint density at radius 3 is 2.48 bits per heavy atom. The molecule has 2 aromatic carbocycles. The molecule has 8 nitrogen and oxygen atoms in total. The molecule has 13 heteroatoms. The lowest BCUT2D eigenvalue weighted by Gasteiger charge is -2.22. The molecule has 0 saturated carbocycles. The standard InChI is InChI=1S/C35H32F4N2O6S/c1-2-3-4-5-6-9-13-23-18-19-27(21-28(23)35(37,38)39)41(33-40-29(30(36)48-33)24-14-10-7-8-11-15-24)34(45)47-22-46-32(44)26-17-12-16-25(20-26)31(42)43/h7-8,10,12,14-21H,2-6,9,13,22H2,1H3,(H,42,43). The van der Waals surface area contributed by atoms with Crippen LogP contribution in [0.5, 0.6) is 0 Å². The van der Waals surface area contributed by atoms with Gasteiger partial charge in [0.05, 0.1) is 22.4 Å². The minimum absolute atomic E-state index is 0.0471. The van der Waals surface area contributed by atoms with E-state index < -0.39 is 41.7 Å². The normalized spacial score (nSPS) is 12.4. The molecule has 1 heterocycles. The molecular formula is C35H32F4N2O6S. The highest BCUT2D eigenvalue weighted by Gasteiger charge is 2.35. The molecule has 0 bridgehead atoms. The van der Waals surface area contributed by atoms with E-state index in [9.17, 15) is 27.6 Å². The Balaban J connectivity index is 1.63. The Bertz CT molecular complexity index is 1770. The van der Waals surface area contributed by atoms with Crippen molar-refractivity contribution >= 4 is 45.8 Å². The number of carbonyl (C=O) groups excluding carboxylic acids is 2. The van der Waals surface area contributed by atoms with Gasteiger partial charge in [-0.05, 0) is 60.9 Å². The van der Waals surface area contributed by atoms with Crippen molar-refractivity contribution in [2.75, 3.05) is 11.7 Å². The van der Waals surface area contributed by atoms with Crippen LogP contribution in [-0.2, 0) is 22.1 Å². The number of nitrogens with zero attached hydrogens (tertiary/aromatic N) is 2. The number of carboxylic acids is 1. The summed E-state index contributed by atoms with van der Waals surface area (Å²) in [6.07, 6.45) is 7.33. The molecule has 1 amide bonds. The Labute approximate surface area is 278 Å². The Kier molecular flexibility index (Phi) is 12.5. The number of allylic oxidation sites excluding steroid dienone is 5. The first-order valence-electron chi connectivity index (χ1n) is 15.1. The summed E-state index contributed by atoms with van der Waals surface area (Å²) in [7, 11) is 0. The molecule has 252 valence electrons. The first-order chi connectivity index (χ1) is 23.0. The summed E-state index contributed by atoms with van der Waals surface area (Å²) >= 11 is 0.408. The molecule has 4 rings (SSSR count). The van der Waals surface area contributed by atoms with Crippen LogP contribution in [0.15, 0.2) is 78.6 Å². The second-order valence-corrected chi connectivity index (χ2v) is 11.6. The van der Waals surface area contributed by atoms with Gasteiger partial charge in [-0.15, -0.1) is 5.73 Å². The van der Waals surface area contributed by atoms with Gasteiger partial charge in [0.25, 0.3) is 0 Å². The lowest BCUT2D eigenvalue weighted by molar-refractivity contribution is -0.138. The Morgan fingerprint density at radius 1 is 0.979 bits per heavy atom. The van der Waals surface area contributed by atoms with Gasteiger partial charge in [0.1, 0.15) is 5.69 Å². The van der Waals surface area contributed by atoms with Crippen molar-refractivity contribution in [1.29, 1.82) is 0 Å². The van der Waals surface area contributed by atoms with Crippen LogP contribution in [0, 0.1) is 5.13 Å². The summed E-state index contributed by atoms with van der Waals surface area (Å²) in [5.74, 6) is -2.30. The van der Waals surface area contributed by atoms with E-state index in [-0.39, 0.29) is 39.6 Å². The highest BCUT2D eigenvalue weighted by molar-refractivity contribution is 7.14. The molecule has 0 unspecified atom stereocenters. The van der Waals surface area contributed by atoms with Crippen molar-refractivity contribution in [3.05, 3.63) is 112 Å². The average Bonchev–Trinajstić information content (AvgIpc) is 3.23. The van der Waals surface area contributed by atoms with Gasteiger partial charge in [0.2, 0.25) is 17.1 Å². The van der Waals surface area contributed by atoms with Gasteiger partial charge < -0.3 is 14.6 Å². The Morgan fingerprint density at radius 2 is 1.73 bits per heavy atom. The summed E-state index contributed by atoms with van der Waals surface area (Å²) < 4.78 is 68.3. The van der Waals surface area contributed by atoms with Gasteiger partial charge >= 0.3 is 24.2 Å². The van der Waals surface area contributed by atoms with Crippen LogP contribution in [0.1, 0.15) is 83.0 Å². The van der Waals surface area contributed by atoms with Crippen molar-refractivity contribution in [1.82, 2.24) is 4.98 Å². The topological polar surface area (TPSA) is 106 Å². The third-order valence-electron chi connectivity index (χ3n) is 7.21. The first-order valence-corrected chi connectivity index (χ1v) is 15.9. The number of hydrogen-bond acceptors (Lipinski definition) is 7. The zero-order valence-corrected chi connectivity index (χ0v) is 26.7. The Hall–Kier alpha value is -5.00. The van der Waals surface area contributed by atoms with E-state index in [1.807, 2.05) is 0 Å². The lowest BCUT2D eigenvalue weighted by atomic mass is 9.99. The van der Waals surface area contributed by atoms with Gasteiger partial charge in [-0.3, -0.25) is 0 Å². The van der Waals surface area contributed by atoms with E-state index in [0.717, 1.165) is 44.2 Å². The number of benzene rings is 2. The number of carbonyl (C=O) groups is 3. The van der Waals surface area contributed by atoms with Crippen LogP contribution in [0.3, 0.4) is 0 Å². The summed E-state index contributed by atoms with van der Waals surface area (Å²) in [5, 5.41) is 8.01. The second kappa shape index (κ2) is 16.7. The van der Waals surface area contributed by atoms with Crippen molar-refractivity contribution in [2.24, 2.45) is 0 Å². The van der Waals surface area contributed by atoms with Crippen LogP contribution in [0.2, 0.25) is 0 Å². The minimum atomic E-state index is -4.77. The van der Waals surface area contributed by atoms with E-state index in [4.69, 9.17) is 14.6 Å². The molecule has 1 N–H and O–H groups in total. The molecular weight excluding hydrogens is 652 g/mol. The molecule has 3 aromatic rings. The number of ether oxygens (including phenoxy) is 2. The van der Waals surface area contributed by atoms with E-state index in [0.29, 0.717) is 28.2 Å². The summed E-state index contributed by atoms with van der Waals surface area (Å²) in [5.41, 5.74) is 1.42. The maximum absolute atomic E-state index is 15.2. The number of esters is 1. The molecule has 1 aliphatic carbocycles. The van der Waals surface area contributed by atoms with Gasteiger partial charge in [-0.1, -0.05) is 80.7 Å². The van der Waals surface area contributed by atoms with Gasteiger partial charge in [-0.25, -0.2) is 24.3 Å². The third-order valence-corrected chi connectivity index (χ3v) is 8.04. The maximum atomic E-state index is 15.2. The first kappa shape index (κ1) is 35.8.